The average Bonchev–Trinajstić information content (AvgIpc) is 2.47. The predicted molar refractivity (Wildman–Crippen MR) is 80.9 cm³/mol. The summed E-state index contributed by atoms with van der Waals surface area (Å²) in [6.45, 7) is 1.89. The van der Waals surface area contributed by atoms with E-state index < -0.39 is 10.0 Å². The molecule has 2 aromatic carbocycles. The van der Waals surface area contributed by atoms with Crippen molar-refractivity contribution in [2.45, 2.75) is 11.8 Å². The number of hydrogen-bond acceptors (Lipinski definition) is 4. The molecule has 2 aromatic rings. The third kappa shape index (κ3) is 3.46. The van der Waals surface area contributed by atoms with Crippen LogP contribution in [0.25, 0.3) is 4.72 Å². The molecule has 0 atom stereocenters. The van der Waals surface area contributed by atoms with E-state index in [1.54, 1.807) is 30.3 Å². The van der Waals surface area contributed by atoms with Gasteiger partial charge in [-0.3, -0.25) is 0 Å². The largest absolute Gasteiger partial charge is 0.570 e. The highest BCUT2D eigenvalue weighted by molar-refractivity contribution is 7.94. The Labute approximate surface area is 124 Å². The molecule has 21 heavy (non-hydrogen) atoms. The number of ether oxygens (including phenoxy) is 2. The lowest BCUT2D eigenvalue weighted by Gasteiger charge is -2.24. The maximum absolute atomic E-state index is 12.3. The van der Waals surface area contributed by atoms with Gasteiger partial charge in [-0.2, -0.15) is 0 Å². The van der Waals surface area contributed by atoms with Gasteiger partial charge in [0.2, 0.25) is 0 Å². The lowest BCUT2D eigenvalue weighted by Crippen LogP contribution is -1.98. The zero-order valence-corrected chi connectivity index (χ0v) is 12.8. The molecule has 0 unspecified atom stereocenters. The summed E-state index contributed by atoms with van der Waals surface area (Å²) in [6.07, 6.45) is 0. The third-order valence-electron chi connectivity index (χ3n) is 2.92. The van der Waals surface area contributed by atoms with Gasteiger partial charge in [-0.15, -0.1) is 0 Å². The van der Waals surface area contributed by atoms with E-state index >= 15 is 0 Å². The minimum absolute atomic E-state index is 0.144. The fraction of sp³-hybridized carbons (Fsp3) is 0.200. The van der Waals surface area contributed by atoms with Gasteiger partial charge in [-0.05, 0) is 25.1 Å². The summed E-state index contributed by atoms with van der Waals surface area (Å²) in [6, 6.07) is 11.3. The van der Waals surface area contributed by atoms with Gasteiger partial charge >= 0.3 is 0 Å². The molecule has 0 radical (unpaired) electrons. The molecule has 0 aliphatic rings. The molecule has 0 amide bonds. The fourth-order valence-electron chi connectivity index (χ4n) is 1.75. The summed E-state index contributed by atoms with van der Waals surface area (Å²) < 4.78 is 38.6. The molecule has 0 aromatic heterocycles. The van der Waals surface area contributed by atoms with Crippen molar-refractivity contribution in [2.75, 3.05) is 14.2 Å². The Morgan fingerprint density at radius 1 is 0.952 bits per heavy atom. The van der Waals surface area contributed by atoms with E-state index in [0.29, 0.717) is 11.5 Å². The van der Waals surface area contributed by atoms with Crippen molar-refractivity contribution in [1.82, 2.24) is 0 Å². The third-order valence-corrected chi connectivity index (χ3v) is 4.23. The van der Waals surface area contributed by atoms with Crippen molar-refractivity contribution >= 4 is 15.7 Å². The molecule has 5 nitrogen and oxygen atoms in total. The van der Waals surface area contributed by atoms with E-state index in [2.05, 4.69) is 4.72 Å². The van der Waals surface area contributed by atoms with Crippen LogP contribution in [0.3, 0.4) is 0 Å². The summed E-state index contributed by atoms with van der Waals surface area (Å²) in [4.78, 5) is 0.144. The molecule has 0 heterocycles. The van der Waals surface area contributed by atoms with Crippen molar-refractivity contribution in [3.8, 4) is 11.5 Å². The van der Waals surface area contributed by atoms with Gasteiger partial charge in [0.05, 0.1) is 19.1 Å². The van der Waals surface area contributed by atoms with Crippen molar-refractivity contribution in [3.63, 3.8) is 0 Å². The van der Waals surface area contributed by atoms with E-state index in [1.165, 1.54) is 26.4 Å². The number of rotatable bonds is 5. The molecule has 0 bridgehead atoms. The minimum Gasteiger partial charge on any atom is -0.570 e. The van der Waals surface area contributed by atoms with Crippen molar-refractivity contribution < 1.29 is 17.9 Å². The van der Waals surface area contributed by atoms with Crippen LogP contribution in [-0.4, -0.2) is 22.6 Å². The Hall–Kier alpha value is -2.21. The molecule has 0 saturated carbocycles. The number of benzene rings is 2. The van der Waals surface area contributed by atoms with Crippen LogP contribution >= 0.6 is 0 Å². The first kappa shape index (κ1) is 15.2. The molecule has 112 valence electrons. The number of methoxy groups -OCH3 is 2. The minimum atomic E-state index is -3.78. The van der Waals surface area contributed by atoms with Crippen LogP contribution in [0, 0.1) is 6.92 Å². The molecule has 0 aliphatic heterocycles. The SMILES string of the molecule is COc1ccc([N-]S(=O)(=O)c2ccc(C)cc2)c(OC)c1. The molecule has 0 saturated heterocycles. The molecule has 2 rings (SSSR count). The Kier molecular flexibility index (Phi) is 4.37. The van der Waals surface area contributed by atoms with Crippen LogP contribution in [0.15, 0.2) is 47.4 Å². The topological polar surface area (TPSA) is 66.7 Å². The van der Waals surface area contributed by atoms with E-state index in [4.69, 9.17) is 9.47 Å². The molecule has 6 heteroatoms. The van der Waals surface area contributed by atoms with E-state index in [0.717, 1.165) is 5.56 Å². The van der Waals surface area contributed by atoms with Gasteiger partial charge < -0.3 is 14.2 Å². The fourth-order valence-corrected chi connectivity index (χ4v) is 2.75. The van der Waals surface area contributed by atoms with Gasteiger partial charge in [0.15, 0.2) is 0 Å². The molecule has 0 fully saturated rings. The van der Waals surface area contributed by atoms with Crippen LogP contribution in [0.5, 0.6) is 11.5 Å². The van der Waals surface area contributed by atoms with Crippen LogP contribution in [0.4, 0.5) is 5.69 Å². The quantitative estimate of drug-likeness (QED) is 0.849. The normalized spacial score (nSPS) is 11.0. The monoisotopic (exact) mass is 306 g/mol. The first-order valence-electron chi connectivity index (χ1n) is 6.23. The standard InChI is InChI=1S/C15H16NO4S/c1-11-4-7-13(8-5-11)21(17,18)16-14-9-6-12(19-2)10-15(14)20-3/h4-10H,1-3H3/q-1. The zero-order chi connectivity index (χ0) is 15.5. The second-order valence-corrected chi connectivity index (χ2v) is 6.02. The number of aryl methyl sites for hydroxylation is 1. The van der Waals surface area contributed by atoms with Crippen molar-refractivity contribution in [3.05, 3.63) is 52.8 Å². The van der Waals surface area contributed by atoms with E-state index in [-0.39, 0.29) is 10.6 Å². The summed E-state index contributed by atoms with van der Waals surface area (Å²) in [5.74, 6) is 0.906. The first-order valence-corrected chi connectivity index (χ1v) is 7.67. The Balaban J connectivity index is 2.34. The zero-order valence-electron chi connectivity index (χ0n) is 12.0. The van der Waals surface area contributed by atoms with E-state index in [9.17, 15) is 8.42 Å². The van der Waals surface area contributed by atoms with E-state index in [1.807, 2.05) is 6.92 Å². The van der Waals surface area contributed by atoms with Crippen LogP contribution < -0.4 is 9.47 Å². The highest BCUT2D eigenvalue weighted by atomic mass is 32.2. The van der Waals surface area contributed by atoms with Gasteiger partial charge in [-0.1, -0.05) is 29.4 Å². The maximum atomic E-state index is 12.3. The summed E-state index contributed by atoms with van der Waals surface area (Å²) in [5.41, 5.74) is 1.22. The van der Waals surface area contributed by atoms with Crippen molar-refractivity contribution in [2.24, 2.45) is 0 Å². The van der Waals surface area contributed by atoms with Gasteiger partial charge in [0.1, 0.15) is 21.5 Å². The molecular formula is C15H16NO4S-. The highest BCUT2D eigenvalue weighted by Crippen LogP contribution is 2.38. The van der Waals surface area contributed by atoms with Gasteiger partial charge in [0.25, 0.3) is 0 Å². The number of hydrogen-bond donors (Lipinski definition) is 0. The van der Waals surface area contributed by atoms with Gasteiger partial charge in [-0.25, -0.2) is 8.42 Å². The Morgan fingerprint density at radius 2 is 1.62 bits per heavy atom. The van der Waals surface area contributed by atoms with Crippen LogP contribution in [0.1, 0.15) is 5.56 Å². The average molecular weight is 306 g/mol. The molecular weight excluding hydrogens is 290 g/mol. The number of sulfonamides is 1. The lowest BCUT2D eigenvalue weighted by atomic mass is 10.2. The smallest absolute Gasteiger partial charge is 0.123 e. The number of nitrogens with zero attached hydrogens (tertiary/aromatic N) is 1. The van der Waals surface area contributed by atoms with Crippen LogP contribution in [-0.2, 0) is 10.0 Å². The van der Waals surface area contributed by atoms with Gasteiger partial charge in [0, 0.05) is 6.07 Å². The van der Waals surface area contributed by atoms with Crippen molar-refractivity contribution in [1.29, 1.82) is 0 Å². The van der Waals surface area contributed by atoms with Crippen LogP contribution in [0.2, 0.25) is 0 Å². The Morgan fingerprint density at radius 3 is 2.19 bits per heavy atom. The first-order chi connectivity index (χ1) is 9.96. The molecule has 0 aliphatic carbocycles. The maximum Gasteiger partial charge on any atom is 0.123 e. The lowest BCUT2D eigenvalue weighted by molar-refractivity contribution is 0.396. The Bertz CT molecular complexity index is 724. The second kappa shape index (κ2) is 6.05. The second-order valence-electron chi connectivity index (χ2n) is 4.42. The predicted octanol–water partition coefficient (Wildman–Crippen LogP) is 3.41. The summed E-state index contributed by atoms with van der Waals surface area (Å²) in [5, 5.41) is 0. The summed E-state index contributed by atoms with van der Waals surface area (Å²) in [7, 11) is -0.805. The molecule has 0 N–H and O–H groups in total. The summed E-state index contributed by atoms with van der Waals surface area (Å²) >= 11 is 0. The molecule has 0 spiro atoms. The highest BCUT2D eigenvalue weighted by Gasteiger charge is 2.07.